The van der Waals surface area contributed by atoms with Gasteiger partial charge >= 0.3 is 0 Å². The van der Waals surface area contributed by atoms with E-state index in [2.05, 4.69) is 58.8 Å². The molecule has 1 fully saturated rings. The second-order valence-corrected chi connectivity index (χ2v) is 8.43. The molecule has 2 unspecified atom stereocenters. The Morgan fingerprint density at radius 1 is 1.26 bits per heavy atom. The highest BCUT2D eigenvalue weighted by Crippen LogP contribution is 2.39. The number of nitrogens with one attached hydrogen (secondary N) is 1. The molecule has 2 nitrogen and oxygen atoms in total. The van der Waals surface area contributed by atoms with Crippen LogP contribution in [0.2, 0.25) is 0 Å². The fourth-order valence-electron chi connectivity index (χ4n) is 3.91. The third-order valence-corrected chi connectivity index (χ3v) is 4.42. The second kappa shape index (κ2) is 6.58. The molecular weight excluding hydrogens is 232 g/mol. The first-order chi connectivity index (χ1) is 8.65. The van der Waals surface area contributed by atoms with Crippen LogP contribution >= 0.6 is 0 Å². The minimum atomic E-state index is 0.395. The first-order valence-electron chi connectivity index (χ1n) is 8.07. The monoisotopic (exact) mass is 268 g/mol. The lowest BCUT2D eigenvalue weighted by Crippen LogP contribution is -2.52. The Bertz CT molecular complexity index is 265. The molecule has 1 aliphatic rings. The van der Waals surface area contributed by atoms with E-state index in [9.17, 15) is 0 Å². The molecule has 1 N–H and O–H groups in total. The van der Waals surface area contributed by atoms with Crippen molar-refractivity contribution in [1.82, 2.24) is 10.2 Å². The van der Waals surface area contributed by atoms with Gasteiger partial charge in [0.15, 0.2) is 0 Å². The highest BCUT2D eigenvalue weighted by atomic mass is 15.1. The predicted molar refractivity (Wildman–Crippen MR) is 85.5 cm³/mol. The molecule has 0 spiro atoms. The van der Waals surface area contributed by atoms with Crippen molar-refractivity contribution in [3.63, 3.8) is 0 Å². The van der Waals surface area contributed by atoms with Crippen LogP contribution in [-0.2, 0) is 0 Å². The van der Waals surface area contributed by atoms with Gasteiger partial charge in [0.2, 0.25) is 0 Å². The SMILES string of the molecule is CCNC1C(CN(C)CC(C)(C)C)CCCC1(C)C. The fourth-order valence-corrected chi connectivity index (χ4v) is 3.91. The topological polar surface area (TPSA) is 15.3 Å². The van der Waals surface area contributed by atoms with Gasteiger partial charge < -0.3 is 10.2 Å². The smallest absolute Gasteiger partial charge is 0.0159 e. The lowest BCUT2D eigenvalue weighted by molar-refractivity contribution is 0.0780. The minimum Gasteiger partial charge on any atom is -0.313 e. The zero-order chi connectivity index (χ0) is 14.7. The summed E-state index contributed by atoms with van der Waals surface area (Å²) < 4.78 is 0. The van der Waals surface area contributed by atoms with Gasteiger partial charge in [0.25, 0.3) is 0 Å². The van der Waals surface area contributed by atoms with Crippen molar-refractivity contribution in [3.8, 4) is 0 Å². The van der Waals surface area contributed by atoms with Crippen molar-refractivity contribution < 1.29 is 0 Å². The number of rotatable bonds is 5. The molecule has 0 aliphatic heterocycles. The van der Waals surface area contributed by atoms with Gasteiger partial charge in [0.05, 0.1) is 0 Å². The van der Waals surface area contributed by atoms with Crippen LogP contribution < -0.4 is 5.32 Å². The fraction of sp³-hybridized carbons (Fsp3) is 1.00. The van der Waals surface area contributed by atoms with E-state index in [1.165, 1.54) is 32.4 Å². The molecule has 0 aromatic carbocycles. The number of hydrogen-bond acceptors (Lipinski definition) is 2. The Morgan fingerprint density at radius 3 is 2.42 bits per heavy atom. The first kappa shape index (κ1) is 17.0. The van der Waals surface area contributed by atoms with Crippen molar-refractivity contribution in [2.45, 2.75) is 66.8 Å². The van der Waals surface area contributed by atoms with Crippen LogP contribution in [0.3, 0.4) is 0 Å². The van der Waals surface area contributed by atoms with E-state index < -0.39 is 0 Å². The van der Waals surface area contributed by atoms with Crippen LogP contribution in [0.25, 0.3) is 0 Å². The molecule has 0 heterocycles. The van der Waals surface area contributed by atoms with E-state index in [0.717, 1.165) is 12.5 Å². The molecule has 0 amide bonds. The summed E-state index contributed by atoms with van der Waals surface area (Å²) in [7, 11) is 2.29. The quantitative estimate of drug-likeness (QED) is 0.816. The maximum Gasteiger partial charge on any atom is 0.0159 e. The molecule has 114 valence electrons. The Labute approximate surface area is 121 Å². The standard InChI is InChI=1S/C17H36N2/c1-8-18-15-14(10-9-11-17(15,5)6)12-19(7)13-16(2,3)4/h14-15,18H,8-13H2,1-7H3. The summed E-state index contributed by atoms with van der Waals surface area (Å²) >= 11 is 0. The normalized spacial score (nSPS) is 27.8. The Kier molecular flexibility index (Phi) is 5.88. The van der Waals surface area contributed by atoms with E-state index >= 15 is 0 Å². The average Bonchev–Trinajstić information content (AvgIpc) is 2.20. The largest absolute Gasteiger partial charge is 0.313 e. The van der Waals surface area contributed by atoms with E-state index in [-0.39, 0.29) is 0 Å². The summed E-state index contributed by atoms with van der Waals surface area (Å²) in [5.41, 5.74) is 0.841. The lowest BCUT2D eigenvalue weighted by atomic mass is 9.67. The molecule has 1 rings (SSSR count). The van der Waals surface area contributed by atoms with Crippen LogP contribution in [0.5, 0.6) is 0 Å². The highest BCUT2D eigenvalue weighted by Gasteiger charge is 2.38. The van der Waals surface area contributed by atoms with Crippen molar-refractivity contribution in [1.29, 1.82) is 0 Å². The summed E-state index contributed by atoms with van der Waals surface area (Å²) in [4.78, 5) is 2.54. The van der Waals surface area contributed by atoms with Gasteiger partial charge in [0.1, 0.15) is 0 Å². The van der Waals surface area contributed by atoms with Crippen molar-refractivity contribution in [2.75, 3.05) is 26.7 Å². The summed E-state index contributed by atoms with van der Waals surface area (Å²) in [5, 5.41) is 3.77. The van der Waals surface area contributed by atoms with E-state index in [1.807, 2.05) is 0 Å². The number of hydrogen-bond donors (Lipinski definition) is 1. The first-order valence-corrected chi connectivity index (χ1v) is 8.07. The van der Waals surface area contributed by atoms with Crippen LogP contribution in [0, 0.1) is 16.7 Å². The van der Waals surface area contributed by atoms with Crippen LogP contribution in [-0.4, -0.2) is 37.6 Å². The predicted octanol–water partition coefficient (Wildman–Crippen LogP) is 3.77. The zero-order valence-electron chi connectivity index (χ0n) is 14.3. The number of nitrogens with zero attached hydrogens (tertiary/aromatic N) is 1. The molecule has 2 heteroatoms. The van der Waals surface area contributed by atoms with Gasteiger partial charge in [-0.3, -0.25) is 0 Å². The molecule has 0 bridgehead atoms. The summed E-state index contributed by atoms with van der Waals surface area (Å²) in [6, 6.07) is 0.675. The molecule has 0 saturated heterocycles. The van der Waals surface area contributed by atoms with Crippen LogP contribution in [0.1, 0.15) is 60.8 Å². The van der Waals surface area contributed by atoms with Gasteiger partial charge in [0, 0.05) is 19.1 Å². The molecule has 2 atom stereocenters. The maximum absolute atomic E-state index is 3.77. The van der Waals surface area contributed by atoms with Crippen molar-refractivity contribution in [2.24, 2.45) is 16.7 Å². The second-order valence-electron chi connectivity index (χ2n) is 8.43. The van der Waals surface area contributed by atoms with E-state index in [0.29, 0.717) is 16.9 Å². The molecule has 1 aliphatic carbocycles. The Hall–Kier alpha value is -0.0800. The molecule has 0 aromatic heterocycles. The van der Waals surface area contributed by atoms with E-state index in [4.69, 9.17) is 0 Å². The Morgan fingerprint density at radius 2 is 1.89 bits per heavy atom. The summed E-state index contributed by atoms with van der Waals surface area (Å²) in [6.45, 7) is 17.6. The molecule has 19 heavy (non-hydrogen) atoms. The summed E-state index contributed by atoms with van der Waals surface area (Å²) in [6.07, 6.45) is 4.14. The highest BCUT2D eigenvalue weighted by molar-refractivity contribution is 4.94. The molecule has 0 radical (unpaired) electrons. The lowest BCUT2D eigenvalue weighted by Gasteiger charge is -2.46. The van der Waals surface area contributed by atoms with Crippen molar-refractivity contribution >= 4 is 0 Å². The molecule has 0 aromatic rings. The van der Waals surface area contributed by atoms with Crippen molar-refractivity contribution in [3.05, 3.63) is 0 Å². The summed E-state index contributed by atoms with van der Waals surface area (Å²) in [5.74, 6) is 0.802. The van der Waals surface area contributed by atoms with E-state index in [1.54, 1.807) is 0 Å². The van der Waals surface area contributed by atoms with Gasteiger partial charge in [-0.2, -0.15) is 0 Å². The van der Waals surface area contributed by atoms with Gasteiger partial charge in [-0.05, 0) is 43.2 Å². The van der Waals surface area contributed by atoms with Gasteiger partial charge in [-0.1, -0.05) is 48.0 Å². The van der Waals surface area contributed by atoms with Gasteiger partial charge in [-0.25, -0.2) is 0 Å². The Balaban J connectivity index is 2.63. The van der Waals surface area contributed by atoms with Crippen LogP contribution in [0.4, 0.5) is 0 Å². The molecule has 1 saturated carbocycles. The zero-order valence-corrected chi connectivity index (χ0v) is 14.3. The molecular formula is C17H36N2. The van der Waals surface area contributed by atoms with Gasteiger partial charge in [-0.15, -0.1) is 0 Å². The van der Waals surface area contributed by atoms with Crippen LogP contribution in [0.15, 0.2) is 0 Å². The third-order valence-electron chi connectivity index (χ3n) is 4.42. The average molecular weight is 268 g/mol. The maximum atomic E-state index is 3.77. The minimum absolute atomic E-state index is 0.395. The third kappa shape index (κ3) is 5.43.